The van der Waals surface area contributed by atoms with Crippen LogP contribution in [0.5, 0.6) is 0 Å². The van der Waals surface area contributed by atoms with Crippen LogP contribution in [0.15, 0.2) is 35.1 Å². The molecule has 2 rings (SSSR count). The fourth-order valence-corrected chi connectivity index (χ4v) is 1.38. The van der Waals surface area contributed by atoms with Gasteiger partial charge in [-0.2, -0.15) is 0 Å². The van der Waals surface area contributed by atoms with Gasteiger partial charge in [-0.1, -0.05) is 5.16 Å². The third-order valence-corrected chi connectivity index (χ3v) is 2.28. The van der Waals surface area contributed by atoms with Gasteiger partial charge in [0.2, 0.25) is 0 Å². The Hall–Kier alpha value is -2.21. The highest BCUT2D eigenvalue weighted by atomic mass is 16.5. The molecule has 1 N–H and O–H groups in total. The van der Waals surface area contributed by atoms with Crippen LogP contribution in [0.4, 0.5) is 0 Å². The summed E-state index contributed by atoms with van der Waals surface area (Å²) >= 11 is 0. The average molecular weight is 247 g/mol. The van der Waals surface area contributed by atoms with Crippen LogP contribution in [0.1, 0.15) is 10.5 Å². The number of carbonyl (C=O) groups excluding carboxylic acids is 1. The molecule has 0 radical (unpaired) electrons. The van der Waals surface area contributed by atoms with Crippen molar-refractivity contribution >= 4 is 5.91 Å². The number of nitrogens with zero attached hydrogens (tertiary/aromatic N) is 2. The Morgan fingerprint density at radius 3 is 3.17 bits per heavy atom. The molecule has 0 saturated heterocycles. The summed E-state index contributed by atoms with van der Waals surface area (Å²) in [7, 11) is 1.57. The number of methoxy groups -OCH3 is 1. The summed E-state index contributed by atoms with van der Waals surface area (Å²) in [5.74, 6) is 0.228. The number of pyridine rings is 1. The monoisotopic (exact) mass is 247 g/mol. The van der Waals surface area contributed by atoms with Crippen molar-refractivity contribution in [3.63, 3.8) is 0 Å². The lowest BCUT2D eigenvalue weighted by molar-refractivity contribution is 0.0928. The van der Waals surface area contributed by atoms with Gasteiger partial charge in [-0.05, 0) is 12.1 Å². The molecule has 0 saturated carbocycles. The van der Waals surface area contributed by atoms with E-state index in [1.54, 1.807) is 31.6 Å². The van der Waals surface area contributed by atoms with E-state index in [1.807, 2.05) is 6.07 Å². The minimum absolute atomic E-state index is 0.241. The van der Waals surface area contributed by atoms with E-state index in [0.29, 0.717) is 18.9 Å². The Morgan fingerprint density at radius 1 is 1.56 bits per heavy atom. The molecule has 0 bridgehead atoms. The van der Waals surface area contributed by atoms with E-state index in [1.165, 1.54) is 0 Å². The smallest absolute Gasteiger partial charge is 0.273 e. The summed E-state index contributed by atoms with van der Waals surface area (Å²) in [5, 5.41) is 6.38. The van der Waals surface area contributed by atoms with Crippen LogP contribution in [0.25, 0.3) is 11.3 Å². The van der Waals surface area contributed by atoms with E-state index in [9.17, 15) is 4.79 Å². The lowest BCUT2D eigenvalue weighted by Gasteiger charge is -2.00. The number of hydrogen-bond acceptors (Lipinski definition) is 5. The highest BCUT2D eigenvalue weighted by molar-refractivity contribution is 5.93. The fraction of sp³-hybridized carbons (Fsp3) is 0.250. The zero-order valence-electron chi connectivity index (χ0n) is 9.92. The summed E-state index contributed by atoms with van der Waals surface area (Å²) in [6, 6.07) is 5.20. The molecule has 0 unspecified atom stereocenters. The van der Waals surface area contributed by atoms with Gasteiger partial charge >= 0.3 is 0 Å². The lowest BCUT2D eigenvalue weighted by atomic mass is 10.2. The van der Waals surface area contributed by atoms with Crippen LogP contribution in [0, 0.1) is 0 Å². The SMILES string of the molecule is COCCNC(=O)c1cc(-c2cccnc2)on1. The maximum Gasteiger partial charge on any atom is 0.273 e. The van der Waals surface area contributed by atoms with Crippen molar-refractivity contribution in [1.29, 1.82) is 0 Å². The van der Waals surface area contributed by atoms with Gasteiger partial charge < -0.3 is 14.6 Å². The number of aromatic nitrogens is 2. The van der Waals surface area contributed by atoms with Crippen LogP contribution in [0.3, 0.4) is 0 Å². The predicted octanol–water partition coefficient (Wildman–Crippen LogP) is 1.11. The second kappa shape index (κ2) is 5.92. The molecule has 0 atom stereocenters. The Kier molecular flexibility index (Phi) is 4.03. The van der Waals surface area contributed by atoms with E-state index in [0.717, 1.165) is 5.56 Å². The van der Waals surface area contributed by atoms with E-state index in [2.05, 4.69) is 15.5 Å². The molecule has 6 nitrogen and oxygen atoms in total. The first-order valence-corrected chi connectivity index (χ1v) is 5.45. The summed E-state index contributed by atoms with van der Waals surface area (Å²) in [5.41, 5.74) is 1.02. The first-order chi connectivity index (χ1) is 8.81. The molecule has 1 amide bonds. The van der Waals surface area contributed by atoms with Crippen molar-refractivity contribution in [2.24, 2.45) is 0 Å². The predicted molar refractivity (Wildman–Crippen MR) is 63.9 cm³/mol. The number of nitrogens with one attached hydrogen (secondary N) is 1. The topological polar surface area (TPSA) is 77.2 Å². The van der Waals surface area contributed by atoms with E-state index in [4.69, 9.17) is 9.26 Å². The third kappa shape index (κ3) is 2.92. The molecular formula is C12H13N3O3. The second-order valence-electron chi connectivity index (χ2n) is 3.57. The Bertz CT molecular complexity index is 510. The molecule has 2 aromatic rings. The summed E-state index contributed by atoms with van der Waals surface area (Å²) < 4.78 is 9.93. The highest BCUT2D eigenvalue weighted by Crippen LogP contribution is 2.18. The van der Waals surface area contributed by atoms with E-state index in [-0.39, 0.29) is 11.6 Å². The van der Waals surface area contributed by atoms with Crippen LogP contribution < -0.4 is 5.32 Å². The molecule has 94 valence electrons. The fourth-order valence-electron chi connectivity index (χ4n) is 1.38. The van der Waals surface area contributed by atoms with Crippen molar-refractivity contribution in [3.05, 3.63) is 36.3 Å². The quantitative estimate of drug-likeness (QED) is 0.801. The summed E-state index contributed by atoms with van der Waals surface area (Å²) in [4.78, 5) is 15.6. The standard InChI is InChI=1S/C12H13N3O3/c1-17-6-5-14-12(16)10-7-11(18-15-10)9-3-2-4-13-8-9/h2-4,7-8H,5-6H2,1H3,(H,14,16). The van der Waals surface area contributed by atoms with Gasteiger partial charge in [0.05, 0.1) is 6.61 Å². The molecule has 6 heteroatoms. The Balaban J connectivity index is 2.04. The van der Waals surface area contributed by atoms with Gasteiger partial charge in [0, 0.05) is 37.7 Å². The van der Waals surface area contributed by atoms with E-state index >= 15 is 0 Å². The van der Waals surface area contributed by atoms with E-state index < -0.39 is 0 Å². The van der Waals surface area contributed by atoms with Crippen molar-refractivity contribution in [2.45, 2.75) is 0 Å². The normalized spacial score (nSPS) is 10.3. The van der Waals surface area contributed by atoms with Gasteiger partial charge in [-0.25, -0.2) is 0 Å². The zero-order valence-corrected chi connectivity index (χ0v) is 9.92. The van der Waals surface area contributed by atoms with Gasteiger partial charge in [-0.15, -0.1) is 0 Å². The number of amides is 1. The maximum absolute atomic E-state index is 11.7. The van der Waals surface area contributed by atoms with Crippen molar-refractivity contribution < 1.29 is 14.1 Å². The molecular weight excluding hydrogens is 234 g/mol. The molecule has 2 heterocycles. The molecule has 18 heavy (non-hydrogen) atoms. The first-order valence-electron chi connectivity index (χ1n) is 5.45. The molecule has 0 aliphatic rings. The van der Waals surface area contributed by atoms with Crippen LogP contribution in [-0.4, -0.2) is 36.3 Å². The number of carbonyl (C=O) groups is 1. The summed E-state index contributed by atoms with van der Waals surface area (Å²) in [6.07, 6.45) is 3.31. The molecule has 0 fully saturated rings. The zero-order chi connectivity index (χ0) is 12.8. The number of ether oxygens (including phenoxy) is 1. The third-order valence-electron chi connectivity index (χ3n) is 2.28. The van der Waals surface area contributed by atoms with Gasteiger partial charge in [0.15, 0.2) is 11.5 Å². The second-order valence-corrected chi connectivity index (χ2v) is 3.57. The molecule has 2 aromatic heterocycles. The maximum atomic E-state index is 11.7. The minimum Gasteiger partial charge on any atom is -0.383 e. The van der Waals surface area contributed by atoms with Crippen LogP contribution >= 0.6 is 0 Å². The van der Waals surface area contributed by atoms with Crippen molar-refractivity contribution in [1.82, 2.24) is 15.5 Å². The van der Waals surface area contributed by atoms with Gasteiger partial charge in [0.25, 0.3) is 5.91 Å². The molecule has 0 aliphatic carbocycles. The van der Waals surface area contributed by atoms with Gasteiger partial charge in [-0.3, -0.25) is 9.78 Å². The van der Waals surface area contributed by atoms with Crippen molar-refractivity contribution in [2.75, 3.05) is 20.3 Å². The first kappa shape index (κ1) is 12.3. The minimum atomic E-state index is -0.286. The number of rotatable bonds is 5. The highest BCUT2D eigenvalue weighted by Gasteiger charge is 2.12. The van der Waals surface area contributed by atoms with Crippen LogP contribution in [0.2, 0.25) is 0 Å². The molecule has 0 spiro atoms. The average Bonchev–Trinajstić information content (AvgIpc) is 2.89. The van der Waals surface area contributed by atoms with Crippen LogP contribution in [-0.2, 0) is 4.74 Å². The Morgan fingerprint density at radius 2 is 2.44 bits per heavy atom. The largest absolute Gasteiger partial charge is 0.383 e. The lowest BCUT2D eigenvalue weighted by Crippen LogP contribution is -2.27. The van der Waals surface area contributed by atoms with Crippen molar-refractivity contribution in [3.8, 4) is 11.3 Å². The summed E-state index contributed by atoms with van der Waals surface area (Å²) in [6.45, 7) is 0.892. The molecule has 0 aliphatic heterocycles. The number of hydrogen-bond donors (Lipinski definition) is 1. The van der Waals surface area contributed by atoms with Gasteiger partial charge in [0.1, 0.15) is 0 Å². The molecule has 0 aromatic carbocycles. The Labute approximate surface area is 104 Å².